The molecule has 2 unspecified atom stereocenters. The molecule has 0 aromatic heterocycles. The lowest BCUT2D eigenvalue weighted by Crippen LogP contribution is -2.60. The van der Waals surface area contributed by atoms with E-state index < -0.39 is 0 Å². The molecule has 106 valence electrons. The highest BCUT2D eigenvalue weighted by atomic mass is 79.9. The van der Waals surface area contributed by atoms with E-state index in [0.717, 1.165) is 18.5 Å². The van der Waals surface area contributed by atoms with E-state index in [9.17, 15) is 5.11 Å². The lowest BCUT2D eigenvalue weighted by atomic mass is 9.64. The fourth-order valence-corrected chi connectivity index (χ4v) is 3.87. The van der Waals surface area contributed by atoms with Gasteiger partial charge >= 0.3 is 0 Å². The minimum Gasteiger partial charge on any atom is -0.506 e. The first-order valence-corrected chi connectivity index (χ1v) is 7.88. The molecule has 1 saturated carbocycles. The van der Waals surface area contributed by atoms with Gasteiger partial charge in [0.15, 0.2) is 0 Å². The summed E-state index contributed by atoms with van der Waals surface area (Å²) in [6, 6.07) is 4.34. The van der Waals surface area contributed by atoms with Gasteiger partial charge in [0.1, 0.15) is 5.75 Å². The van der Waals surface area contributed by atoms with Crippen LogP contribution in [-0.4, -0.2) is 24.4 Å². The first-order valence-electron chi connectivity index (χ1n) is 6.29. The third-order valence-electron chi connectivity index (χ3n) is 4.09. The zero-order chi connectivity index (χ0) is 14.2. The molecular formula is C14H19Br2NO2. The van der Waals surface area contributed by atoms with Gasteiger partial charge in [-0.3, -0.25) is 0 Å². The normalized spacial score (nSPS) is 25.1. The average molecular weight is 393 g/mol. The molecule has 0 spiro atoms. The van der Waals surface area contributed by atoms with Crippen molar-refractivity contribution >= 4 is 31.9 Å². The molecule has 0 saturated heterocycles. The minimum absolute atomic E-state index is 0.167. The molecule has 1 aliphatic carbocycles. The van der Waals surface area contributed by atoms with Crippen LogP contribution in [0.15, 0.2) is 21.1 Å². The number of phenols is 1. The van der Waals surface area contributed by atoms with Gasteiger partial charge in [0.25, 0.3) is 0 Å². The topological polar surface area (TPSA) is 41.5 Å². The molecule has 0 bridgehead atoms. The first kappa shape index (κ1) is 15.3. The molecule has 2 rings (SSSR count). The van der Waals surface area contributed by atoms with Crippen LogP contribution in [0.3, 0.4) is 0 Å². The number of phenolic OH excluding ortho intramolecular Hbond substituents is 1. The second kappa shape index (κ2) is 5.72. The Bertz CT molecular complexity index is 454. The van der Waals surface area contributed by atoms with Gasteiger partial charge in [0, 0.05) is 25.1 Å². The number of aromatic hydroxyl groups is 1. The molecule has 1 aliphatic rings. The lowest BCUT2D eigenvalue weighted by molar-refractivity contribution is -0.0979. The van der Waals surface area contributed by atoms with Crippen LogP contribution in [0, 0.1) is 5.41 Å². The fraction of sp³-hybridized carbons (Fsp3) is 0.571. The molecule has 5 heteroatoms. The van der Waals surface area contributed by atoms with Crippen molar-refractivity contribution in [2.75, 3.05) is 7.11 Å². The van der Waals surface area contributed by atoms with E-state index in [4.69, 9.17) is 4.74 Å². The van der Waals surface area contributed by atoms with Crippen molar-refractivity contribution in [1.29, 1.82) is 0 Å². The average Bonchev–Trinajstić information content (AvgIpc) is 2.34. The molecule has 2 atom stereocenters. The Morgan fingerprint density at radius 1 is 1.37 bits per heavy atom. The molecule has 0 radical (unpaired) electrons. The summed E-state index contributed by atoms with van der Waals surface area (Å²) in [4.78, 5) is 0. The zero-order valence-electron chi connectivity index (χ0n) is 11.3. The number of methoxy groups -OCH3 is 1. The first-order chi connectivity index (χ1) is 8.86. The second-order valence-electron chi connectivity index (χ2n) is 5.62. The number of benzene rings is 1. The van der Waals surface area contributed by atoms with Crippen molar-refractivity contribution in [1.82, 2.24) is 5.32 Å². The quantitative estimate of drug-likeness (QED) is 0.818. The number of ether oxygens (including phenoxy) is 1. The van der Waals surface area contributed by atoms with Crippen LogP contribution in [0.2, 0.25) is 0 Å². The van der Waals surface area contributed by atoms with Gasteiger partial charge in [-0.1, -0.05) is 13.8 Å². The van der Waals surface area contributed by atoms with Crippen LogP contribution in [0.1, 0.15) is 25.8 Å². The second-order valence-corrected chi connectivity index (χ2v) is 7.33. The summed E-state index contributed by atoms with van der Waals surface area (Å²) in [5, 5.41) is 13.2. The van der Waals surface area contributed by atoms with Crippen LogP contribution in [0.25, 0.3) is 0 Å². The fourth-order valence-electron chi connectivity index (χ4n) is 2.59. The Hall–Kier alpha value is -0.100. The predicted octanol–water partition coefficient (Wildman–Crippen LogP) is 3.82. The smallest absolute Gasteiger partial charge is 0.143 e. The Kier molecular flexibility index (Phi) is 4.60. The highest BCUT2D eigenvalue weighted by Crippen LogP contribution is 2.42. The van der Waals surface area contributed by atoms with E-state index in [-0.39, 0.29) is 11.2 Å². The van der Waals surface area contributed by atoms with Crippen LogP contribution in [-0.2, 0) is 11.3 Å². The van der Waals surface area contributed by atoms with Gasteiger partial charge in [-0.15, -0.1) is 0 Å². The Morgan fingerprint density at radius 2 is 1.95 bits per heavy atom. The van der Waals surface area contributed by atoms with Crippen molar-refractivity contribution in [3.05, 3.63) is 26.6 Å². The van der Waals surface area contributed by atoms with Crippen LogP contribution in [0.5, 0.6) is 5.75 Å². The summed E-state index contributed by atoms with van der Waals surface area (Å²) in [6.07, 6.45) is 1.38. The zero-order valence-corrected chi connectivity index (χ0v) is 14.5. The summed E-state index contributed by atoms with van der Waals surface area (Å²) in [5.74, 6) is 0.243. The monoisotopic (exact) mass is 391 g/mol. The molecule has 3 nitrogen and oxygen atoms in total. The third kappa shape index (κ3) is 2.99. The Morgan fingerprint density at radius 3 is 2.42 bits per heavy atom. The molecule has 2 N–H and O–H groups in total. The number of rotatable bonds is 4. The molecule has 19 heavy (non-hydrogen) atoms. The maximum atomic E-state index is 9.68. The molecule has 1 fully saturated rings. The largest absolute Gasteiger partial charge is 0.506 e. The molecule has 1 aromatic carbocycles. The number of halogens is 2. The Labute approximate surface area is 131 Å². The van der Waals surface area contributed by atoms with Crippen molar-refractivity contribution in [3.63, 3.8) is 0 Å². The summed E-state index contributed by atoms with van der Waals surface area (Å²) in [6.45, 7) is 5.23. The van der Waals surface area contributed by atoms with E-state index in [2.05, 4.69) is 51.0 Å². The van der Waals surface area contributed by atoms with Gasteiger partial charge in [-0.25, -0.2) is 0 Å². The number of hydrogen-bond acceptors (Lipinski definition) is 3. The van der Waals surface area contributed by atoms with Gasteiger partial charge in [0.2, 0.25) is 0 Å². The highest BCUT2D eigenvalue weighted by Gasteiger charge is 2.48. The van der Waals surface area contributed by atoms with E-state index in [1.807, 2.05) is 12.1 Å². The van der Waals surface area contributed by atoms with Crippen molar-refractivity contribution in [3.8, 4) is 5.75 Å². The van der Waals surface area contributed by atoms with E-state index in [1.165, 1.54) is 0 Å². The molecular weight excluding hydrogens is 374 g/mol. The van der Waals surface area contributed by atoms with Gasteiger partial charge < -0.3 is 15.2 Å². The standard InChI is InChI=1S/C14H19Br2NO2/c1-14(2)11(6-12(14)19-3)17-7-8-4-9(15)13(18)10(16)5-8/h4-5,11-12,17-18H,6-7H2,1-3H3. The van der Waals surface area contributed by atoms with E-state index in [1.54, 1.807) is 7.11 Å². The van der Waals surface area contributed by atoms with Crippen molar-refractivity contribution in [2.24, 2.45) is 5.41 Å². The summed E-state index contributed by atoms with van der Waals surface area (Å²) < 4.78 is 6.87. The van der Waals surface area contributed by atoms with E-state index in [0.29, 0.717) is 21.1 Å². The molecule has 1 aromatic rings. The van der Waals surface area contributed by atoms with Crippen LogP contribution in [0.4, 0.5) is 0 Å². The SMILES string of the molecule is COC1CC(NCc2cc(Br)c(O)c(Br)c2)C1(C)C. The minimum atomic E-state index is 0.167. The number of nitrogens with one attached hydrogen (secondary N) is 1. The lowest BCUT2D eigenvalue weighted by Gasteiger charge is -2.51. The van der Waals surface area contributed by atoms with Crippen LogP contribution >= 0.6 is 31.9 Å². The highest BCUT2D eigenvalue weighted by molar-refractivity contribution is 9.11. The van der Waals surface area contributed by atoms with Gasteiger partial charge in [-0.2, -0.15) is 0 Å². The number of hydrogen-bond donors (Lipinski definition) is 2. The summed E-state index contributed by atoms with van der Waals surface area (Å²) in [7, 11) is 1.77. The maximum Gasteiger partial charge on any atom is 0.143 e. The maximum absolute atomic E-state index is 9.68. The molecule has 0 amide bonds. The van der Waals surface area contributed by atoms with E-state index >= 15 is 0 Å². The Balaban J connectivity index is 1.97. The van der Waals surface area contributed by atoms with Crippen molar-refractivity contribution in [2.45, 2.75) is 39.0 Å². The third-order valence-corrected chi connectivity index (χ3v) is 5.30. The predicted molar refractivity (Wildman–Crippen MR) is 83.3 cm³/mol. The van der Waals surface area contributed by atoms with Gasteiger partial charge in [0.05, 0.1) is 15.0 Å². The van der Waals surface area contributed by atoms with Gasteiger partial charge in [-0.05, 0) is 56.0 Å². The van der Waals surface area contributed by atoms with Crippen LogP contribution < -0.4 is 5.32 Å². The molecule has 0 heterocycles. The summed E-state index contributed by atoms with van der Waals surface area (Å²) in [5.41, 5.74) is 1.30. The van der Waals surface area contributed by atoms with Crippen molar-refractivity contribution < 1.29 is 9.84 Å². The molecule has 0 aliphatic heterocycles. The summed E-state index contributed by atoms with van der Waals surface area (Å²) >= 11 is 6.70.